The second-order valence-electron chi connectivity index (χ2n) is 7.54. The third-order valence-electron chi connectivity index (χ3n) is 4.95. The minimum atomic E-state index is -0.374. The summed E-state index contributed by atoms with van der Waals surface area (Å²) in [5.74, 6) is 1.38. The molecule has 0 aliphatic carbocycles. The Morgan fingerprint density at radius 3 is 1.83 bits per heavy atom. The molecule has 3 aromatic rings. The van der Waals surface area contributed by atoms with Crippen LogP contribution in [-0.4, -0.2) is 38.7 Å². The molecule has 0 fully saturated rings. The summed E-state index contributed by atoms with van der Waals surface area (Å²) in [6.07, 6.45) is 0. The van der Waals surface area contributed by atoms with Crippen molar-refractivity contribution in [1.82, 2.24) is 0 Å². The number of hydrogen-bond donors (Lipinski definition) is 2. The van der Waals surface area contributed by atoms with Crippen LogP contribution in [0.4, 0.5) is 11.4 Å². The fourth-order valence-electron chi connectivity index (χ4n) is 3.21. The molecule has 0 bridgehead atoms. The molecule has 0 aliphatic rings. The van der Waals surface area contributed by atoms with E-state index in [0.29, 0.717) is 53.2 Å². The average molecular weight is 479 g/mol. The van der Waals surface area contributed by atoms with Gasteiger partial charge in [-0.1, -0.05) is 17.7 Å². The minimum Gasteiger partial charge on any atom is -0.497 e. The van der Waals surface area contributed by atoms with Gasteiger partial charge in [-0.3, -0.25) is 9.59 Å². The minimum absolute atomic E-state index is 0.201. The van der Waals surface area contributed by atoms with Crippen molar-refractivity contribution in [3.8, 4) is 23.0 Å². The fourth-order valence-corrected chi connectivity index (χ4v) is 3.21. The molecule has 3 rings (SSSR count). The zero-order valence-electron chi connectivity index (χ0n) is 20.3. The summed E-state index contributed by atoms with van der Waals surface area (Å²) in [5, 5.41) is 5.67. The number of benzene rings is 3. The van der Waals surface area contributed by atoms with Crippen molar-refractivity contribution >= 4 is 23.2 Å². The van der Waals surface area contributed by atoms with Crippen molar-refractivity contribution < 1.29 is 28.5 Å². The van der Waals surface area contributed by atoms with Crippen molar-refractivity contribution in [3.63, 3.8) is 0 Å². The van der Waals surface area contributed by atoms with Crippen molar-refractivity contribution in [3.05, 3.63) is 71.8 Å². The molecule has 0 aromatic heterocycles. The van der Waals surface area contributed by atoms with Crippen LogP contribution in [0.2, 0.25) is 0 Å². The van der Waals surface area contributed by atoms with Gasteiger partial charge in [0.2, 0.25) is 0 Å². The van der Waals surface area contributed by atoms with Crippen molar-refractivity contribution in [2.45, 2.75) is 20.8 Å². The summed E-state index contributed by atoms with van der Waals surface area (Å²) < 4.78 is 22.1. The van der Waals surface area contributed by atoms with E-state index >= 15 is 0 Å². The number of nitrogens with one attached hydrogen (secondary N) is 2. The number of carbonyl (C=O) groups is 2. The molecule has 0 saturated heterocycles. The number of rotatable bonds is 11. The second-order valence-corrected chi connectivity index (χ2v) is 7.54. The maximum Gasteiger partial charge on any atom is 0.262 e. The number of hydrogen-bond acceptors (Lipinski definition) is 6. The molecular formula is C27H30N2O6. The largest absolute Gasteiger partial charge is 0.497 e. The summed E-state index contributed by atoms with van der Waals surface area (Å²) in [6, 6.07) is 17.5. The van der Waals surface area contributed by atoms with E-state index in [2.05, 4.69) is 10.6 Å². The van der Waals surface area contributed by atoms with Crippen LogP contribution in [0.5, 0.6) is 23.0 Å². The zero-order chi connectivity index (χ0) is 25.2. The van der Waals surface area contributed by atoms with E-state index < -0.39 is 0 Å². The molecule has 0 aliphatic heterocycles. The number of anilines is 2. The van der Waals surface area contributed by atoms with Gasteiger partial charge in [-0.15, -0.1) is 0 Å². The Morgan fingerprint density at radius 2 is 1.29 bits per heavy atom. The first-order chi connectivity index (χ1) is 16.9. The summed E-state index contributed by atoms with van der Waals surface area (Å²) in [4.78, 5) is 25.4. The molecule has 0 heterocycles. The molecule has 0 atom stereocenters. The molecule has 35 heavy (non-hydrogen) atoms. The van der Waals surface area contributed by atoms with Crippen LogP contribution in [-0.2, 0) is 4.79 Å². The molecule has 8 heteroatoms. The van der Waals surface area contributed by atoms with E-state index in [0.717, 1.165) is 5.56 Å². The highest BCUT2D eigenvalue weighted by Gasteiger charge is 2.17. The number of ether oxygens (including phenoxy) is 4. The summed E-state index contributed by atoms with van der Waals surface area (Å²) >= 11 is 0. The van der Waals surface area contributed by atoms with E-state index in [-0.39, 0.29) is 18.4 Å². The van der Waals surface area contributed by atoms with Gasteiger partial charge in [0.25, 0.3) is 11.8 Å². The van der Waals surface area contributed by atoms with Crippen LogP contribution >= 0.6 is 0 Å². The summed E-state index contributed by atoms with van der Waals surface area (Å²) in [7, 11) is 1.58. The van der Waals surface area contributed by atoms with Crippen LogP contribution < -0.4 is 29.6 Å². The molecule has 8 nitrogen and oxygen atoms in total. The van der Waals surface area contributed by atoms with E-state index in [1.807, 2.05) is 32.9 Å². The quantitative estimate of drug-likeness (QED) is 0.400. The van der Waals surface area contributed by atoms with Gasteiger partial charge in [0.05, 0.1) is 31.7 Å². The summed E-state index contributed by atoms with van der Waals surface area (Å²) in [5.41, 5.74) is 2.43. The first-order valence-electron chi connectivity index (χ1n) is 11.3. The molecule has 2 amide bonds. The highest BCUT2D eigenvalue weighted by atomic mass is 16.5. The number of carbonyl (C=O) groups excluding carboxylic acids is 2. The van der Waals surface area contributed by atoms with E-state index in [1.165, 1.54) is 0 Å². The normalized spacial score (nSPS) is 10.3. The maximum atomic E-state index is 12.8. The van der Waals surface area contributed by atoms with Gasteiger partial charge in [-0.25, -0.2) is 0 Å². The van der Waals surface area contributed by atoms with Crippen molar-refractivity contribution in [2.75, 3.05) is 37.6 Å². The Morgan fingerprint density at radius 1 is 0.743 bits per heavy atom. The highest BCUT2D eigenvalue weighted by molar-refractivity contribution is 6.05. The third kappa shape index (κ3) is 7.14. The fraction of sp³-hybridized carbons (Fsp3) is 0.259. The lowest BCUT2D eigenvalue weighted by Gasteiger charge is -2.18. The molecule has 0 radical (unpaired) electrons. The monoisotopic (exact) mass is 478 g/mol. The van der Waals surface area contributed by atoms with Crippen LogP contribution in [0.3, 0.4) is 0 Å². The Hall–Kier alpha value is -4.20. The molecule has 0 unspecified atom stereocenters. The van der Waals surface area contributed by atoms with Crippen LogP contribution in [0.1, 0.15) is 29.8 Å². The smallest absolute Gasteiger partial charge is 0.262 e. The summed E-state index contributed by atoms with van der Waals surface area (Å²) in [6.45, 7) is 6.16. The predicted molar refractivity (Wildman–Crippen MR) is 135 cm³/mol. The molecule has 3 aromatic carbocycles. The number of amides is 2. The SMILES string of the molecule is CCOc1cc(NC(=O)c2ccc(C)cc2)c(OCC)cc1NC(=O)COc1ccc(OC)cc1. The van der Waals surface area contributed by atoms with Crippen LogP contribution in [0.15, 0.2) is 60.7 Å². The van der Waals surface area contributed by atoms with Gasteiger partial charge in [-0.2, -0.15) is 0 Å². The van der Waals surface area contributed by atoms with Gasteiger partial charge in [0.15, 0.2) is 6.61 Å². The Balaban J connectivity index is 1.77. The molecule has 0 saturated carbocycles. The lowest BCUT2D eigenvalue weighted by atomic mass is 10.1. The maximum absolute atomic E-state index is 12.8. The standard InChI is InChI=1S/C27H30N2O6/c1-5-33-24-16-23(29-27(31)19-9-7-18(3)8-10-19)25(34-6-2)15-22(24)28-26(30)17-35-21-13-11-20(32-4)12-14-21/h7-16H,5-6,17H2,1-4H3,(H,28,30)(H,29,31). The first kappa shape index (κ1) is 25.4. The molecule has 184 valence electrons. The predicted octanol–water partition coefficient (Wildman–Crippen LogP) is 5.07. The highest BCUT2D eigenvalue weighted by Crippen LogP contribution is 2.37. The van der Waals surface area contributed by atoms with Crippen LogP contribution in [0.25, 0.3) is 0 Å². The Labute approximate surface area is 205 Å². The zero-order valence-corrected chi connectivity index (χ0v) is 20.3. The van der Waals surface area contributed by atoms with Crippen molar-refractivity contribution in [1.29, 1.82) is 0 Å². The van der Waals surface area contributed by atoms with Crippen LogP contribution in [0, 0.1) is 6.92 Å². The Bertz CT molecular complexity index is 1140. The van der Waals surface area contributed by atoms with Gasteiger partial charge >= 0.3 is 0 Å². The Kier molecular flexibility index (Phi) is 8.95. The van der Waals surface area contributed by atoms with Gasteiger partial charge in [0.1, 0.15) is 23.0 Å². The van der Waals surface area contributed by atoms with E-state index in [9.17, 15) is 9.59 Å². The first-order valence-corrected chi connectivity index (χ1v) is 11.3. The molecule has 0 spiro atoms. The molecular weight excluding hydrogens is 448 g/mol. The topological polar surface area (TPSA) is 95.1 Å². The molecule has 2 N–H and O–H groups in total. The number of aryl methyl sites for hydroxylation is 1. The van der Waals surface area contributed by atoms with Gasteiger partial charge in [-0.05, 0) is 57.2 Å². The lowest BCUT2D eigenvalue weighted by molar-refractivity contribution is -0.118. The van der Waals surface area contributed by atoms with Gasteiger partial charge < -0.3 is 29.6 Å². The van der Waals surface area contributed by atoms with Crippen molar-refractivity contribution in [2.24, 2.45) is 0 Å². The number of methoxy groups -OCH3 is 1. The average Bonchev–Trinajstić information content (AvgIpc) is 2.86. The lowest BCUT2D eigenvalue weighted by Crippen LogP contribution is -2.21. The van der Waals surface area contributed by atoms with E-state index in [4.69, 9.17) is 18.9 Å². The van der Waals surface area contributed by atoms with E-state index in [1.54, 1.807) is 55.6 Å². The van der Waals surface area contributed by atoms with Gasteiger partial charge in [0, 0.05) is 17.7 Å². The third-order valence-corrected chi connectivity index (χ3v) is 4.95. The second kappa shape index (κ2) is 12.3.